The van der Waals surface area contributed by atoms with Crippen LogP contribution >= 0.6 is 15.9 Å². The molecule has 1 aromatic rings. The Balaban J connectivity index is 2.31. The van der Waals surface area contributed by atoms with Gasteiger partial charge in [0.15, 0.2) is 0 Å². The van der Waals surface area contributed by atoms with Gasteiger partial charge in [-0.25, -0.2) is 0 Å². The van der Waals surface area contributed by atoms with E-state index in [2.05, 4.69) is 15.9 Å². The van der Waals surface area contributed by atoms with E-state index in [0.717, 1.165) is 4.90 Å². The smallest absolute Gasteiger partial charge is 0.261 e. The Kier molecular flexibility index (Phi) is 2.87. The lowest BCUT2D eigenvalue weighted by Crippen LogP contribution is -2.35. The van der Waals surface area contributed by atoms with Crippen LogP contribution in [-0.4, -0.2) is 34.4 Å². The van der Waals surface area contributed by atoms with Crippen LogP contribution in [-0.2, 0) is 4.79 Å². The van der Waals surface area contributed by atoms with Crippen molar-refractivity contribution in [3.63, 3.8) is 0 Å². The van der Waals surface area contributed by atoms with E-state index >= 15 is 0 Å². The molecule has 0 saturated heterocycles. The van der Waals surface area contributed by atoms with E-state index in [9.17, 15) is 14.4 Å². The molecule has 4 nitrogen and oxygen atoms in total. The van der Waals surface area contributed by atoms with Crippen molar-refractivity contribution >= 4 is 34.0 Å². The fraction of sp³-hybridized carbons (Fsp3) is 0.182. The maximum absolute atomic E-state index is 11.8. The number of halogens is 1. The molecule has 5 heteroatoms. The highest BCUT2D eigenvalue weighted by atomic mass is 79.9. The fourth-order valence-electron chi connectivity index (χ4n) is 1.62. The van der Waals surface area contributed by atoms with Crippen molar-refractivity contribution in [3.8, 4) is 0 Å². The number of nitrogens with zero attached hydrogens (tertiary/aromatic N) is 1. The lowest BCUT2D eigenvalue weighted by molar-refractivity contribution is -0.107. The largest absolute Gasteiger partial charge is 0.302 e. The van der Waals surface area contributed by atoms with Gasteiger partial charge < -0.3 is 4.79 Å². The Morgan fingerprint density at radius 2 is 1.69 bits per heavy atom. The molecule has 1 aromatic carbocycles. The summed E-state index contributed by atoms with van der Waals surface area (Å²) in [5, 5.41) is 0. The molecule has 1 aliphatic rings. The predicted molar refractivity (Wildman–Crippen MR) is 60.6 cm³/mol. The SMILES string of the molecule is O=CC(Br)CN1C(=O)c2ccccc2C1=O. The van der Waals surface area contributed by atoms with Crippen LogP contribution in [0, 0.1) is 0 Å². The van der Waals surface area contributed by atoms with Gasteiger partial charge >= 0.3 is 0 Å². The van der Waals surface area contributed by atoms with Gasteiger partial charge in [0.2, 0.25) is 0 Å². The summed E-state index contributed by atoms with van der Waals surface area (Å²) in [7, 11) is 0. The van der Waals surface area contributed by atoms with E-state index in [1.165, 1.54) is 0 Å². The lowest BCUT2D eigenvalue weighted by atomic mass is 10.1. The zero-order valence-electron chi connectivity index (χ0n) is 8.22. The maximum atomic E-state index is 11.8. The first-order valence-corrected chi connectivity index (χ1v) is 5.61. The highest BCUT2D eigenvalue weighted by Crippen LogP contribution is 2.22. The first kappa shape index (κ1) is 11.0. The topological polar surface area (TPSA) is 54.5 Å². The number of aldehydes is 1. The van der Waals surface area contributed by atoms with Crippen LogP contribution in [0.3, 0.4) is 0 Å². The van der Waals surface area contributed by atoms with Crippen LogP contribution in [0.1, 0.15) is 20.7 Å². The summed E-state index contributed by atoms with van der Waals surface area (Å²) in [6, 6.07) is 6.64. The van der Waals surface area contributed by atoms with Crippen LogP contribution in [0.5, 0.6) is 0 Å². The lowest BCUT2D eigenvalue weighted by Gasteiger charge is -2.14. The maximum Gasteiger partial charge on any atom is 0.261 e. The molecule has 0 aliphatic carbocycles. The third kappa shape index (κ3) is 1.67. The number of alkyl halides is 1. The second kappa shape index (κ2) is 4.17. The number of hydrogen-bond acceptors (Lipinski definition) is 3. The van der Waals surface area contributed by atoms with E-state index in [1.807, 2.05) is 0 Å². The number of benzene rings is 1. The van der Waals surface area contributed by atoms with E-state index in [0.29, 0.717) is 17.4 Å². The van der Waals surface area contributed by atoms with Crippen molar-refractivity contribution in [1.82, 2.24) is 4.90 Å². The predicted octanol–water partition coefficient (Wildman–Crippen LogP) is 1.24. The van der Waals surface area contributed by atoms with Crippen LogP contribution in [0.2, 0.25) is 0 Å². The molecule has 1 atom stereocenters. The first-order valence-electron chi connectivity index (χ1n) is 4.69. The minimum atomic E-state index is -0.519. The number of rotatable bonds is 3. The summed E-state index contributed by atoms with van der Waals surface area (Å²) in [5.74, 6) is -0.682. The van der Waals surface area contributed by atoms with Crippen molar-refractivity contribution in [2.45, 2.75) is 4.83 Å². The average Bonchev–Trinajstić information content (AvgIpc) is 2.55. The molecule has 0 N–H and O–H groups in total. The minimum Gasteiger partial charge on any atom is -0.302 e. The molecule has 1 unspecified atom stereocenters. The Labute approximate surface area is 100 Å². The van der Waals surface area contributed by atoms with Gasteiger partial charge in [0.1, 0.15) is 6.29 Å². The Morgan fingerprint density at radius 1 is 1.19 bits per heavy atom. The molecule has 0 radical (unpaired) electrons. The monoisotopic (exact) mass is 281 g/mol. The van der Waals surface area contributed by atoms with Gasteiger partial charge in [-0.05, 0) is 12.1 Å². The van der Waals surface area contributed by atoms with Crippen molar-refractivity contribution in [3.05, 3.63) is 35.4 Å². The van der Waals surface area contributed by atoms with Gasteiger partial charge in [-0.3, -0.25) is 14.5 Å². The normalized spacial score (nSPS) is 16.2. The third-order valence-corrected chi connectivity index (χ3v) is 2.89. The highest BCUT2D eigenvalue weighted by molar-refractivity contribution is 9.10. The Bertz CT molecular complexity index is 437. The van der Waals surface area contributed by atoms with Gasteiger partial charge in [-0.15, -0.1) is 0 Å². The number of fused-ring (bicyclic) bond motifs is 1. The number of carbonyl (C=O) groups is 3. The van der Waals surface area contributed by atoms with E-state index in [-0.39, 0.29) is 18.4 Å². The molecular weight excluding hydrogens is 274 g/mol. The molecule has 82 valence electrons. The fourth-order valence-corrected chi connectivity index (χ4v) is 1.91. The second-order valence-corrected chi connectivity index (χ2v) is 4.59. The van der Waals surface area contributed by atoms with Crippen LogP contribution in [0.4, 0.5) is 0 Å². The van der Waals surface area contributed by atoms with Gasteiger partial charge in [-0.2, -0.15) is 0 Å². The molecule has 0 fully saturated rings. The average molecular weight is 282 g/mol. The van der Waals surface area contributed by atoms with Gasteiger partial charge in [-0.1, -0.05) is 28.1 Å². The van der Waals surface area contributed by atoms with Crippen molar-refractivity contribution in [2.75, 3.05) is 6.54 Å². The molecule has 0 aromatic heterocycles. The van der Waals surface area contributed by atoms with Crippen LogP contribution in [0.25, 0.3) is 0 Å². The molecule has 0 spiro atoms. The molecule has 0 saturated carbocycles. The Hall–Kier alpha value is -1.49. The molecule has 16 heavy (non-hydrogen) atoms. The zero-order chi connectivity index (χ0) is 11.7. The van der Waals surface area contributed by atoms with E-state index in [4.69, 9.17) is 0 Å². The summed E-state index contributed by atoms with van der Waals surface area (Å²) < 4.78 is 0. The standard InChI is InChI=1S/C11H8BrNO3/c12-7(6-14)5-13-10(15)8-3-1-2-4-9(8)11(13)16/h1-4,6-7H,5H2. The van der Waals surface area contributed by atoms with E-state index in [1.54, 1.807) is 24.3 Å². The third-order valence-electron chi connectivity index (χ3n) is 2.38. The van der Waals surface area contributed by atoms with Gasteiger partial charge in [0.25, 0.3) is 11.8 Å². The van der Waals surface area contributed by atoms with Crippen molar-refractivity contribution < 1.29 is 14.4 Å². The summed E-state index contributed by atoms with van der Waals surface area (Å²) in [6.45, 7) is 0.0653. The quantitative estimate of drug-likeness (QED) is 0.476. The van der Waals surface area contributed by atoms with Crippen molar-refractivity contribution in [2.24, 2.45) is 0 Å². The molecule has 1 heterocycles. The summed E-state index contributed by atoms with van der Waals surface area (Å²) >= 11 is 3.07. The molecule has 2 rings (SSSR count). The summed E-state index contributed by atoms with van der Waals surface area (Å²) in [6.07, 6.45) is 0.656. The molecule has 0 bridgehead atoms. The van der Waals surface area contributed by atoms with E-state index < -0.39 is 4.83 Å². The minimum absolute atomic E-state index is 0.0653. The molecule has 1 aliphatic heterocycles. The number of hydrogen-bond donors (Lipinski definition) is 0. The Morgan fingerprint density at radius 3 is 2.12 bits per heavy atom. The van der Waals surface area contributed by atoms with Gasteiger partial charge in [0, 0.05) is 6.54 Å². The van der Waals surface area contributed by atoms with Crippen LogP contribution in [0.15, 0.2) is 24.3 Å². The number of carbonyl (C=O) groups excluding carboxylic acids is 3. The summed E-state index contributed by atoms with van der Waals surface area (Å²) in [5.41, 5.74) is 0.802. The number of amides is 2. The number of imide groups is 1. The molecule has 2 amide bonds. The van der Waals surface area contributed by atoms with Crippen molar-refractivity contribution in [1.29, 1.82) is 0 Å². The first-order chi connectivity index (χ1) is 7.65. The zero-order valence-corrected chi connectivity index (χ0v) is 9.81. The van der Waals surface area contributed by atoms with Crippen LogP contribution < -0.4 is 0 Å². The molecular formula is C11H8BrNO3. The summed E-state index contributed by atoms with van der Waals surface area (Å²) in [4.78, 5) is 34.7. The second-order valence-electron chi connectivity index (χ2n) is 3.42. The van der Waals surface area contributed by atoms with Gasteiger partial charge in [0.05, 0.1) is 16.0 Å². The highest BCUT2D eigenvalue weighted by Gasteiger charge is 2.35.